The number of rotatable bonds is 5. The maximum absolute atomic E-state index is 12.5. The first-order valence-corrected chi connectivity index (χ1v) is 9.61. The summed E-state index contributed by atoms with van der Waals surface area (Å²) < 4.78 is 1.53. The lowest BCUT2D eigenvalue weighted by Gasteiger charge is -2.07. The minimum atomic E-state index is -0.235. The Bertz CT molecular complexity index is 1110. The van der Waals surface area contributed by atoms with Gasteiger partial charge in [0.2, 0.25) is 0 Å². The quantitative estimate of drug-likeness (QED) is 0.509. The van der Waals surface area contributed by atoms with Crippen LogP contribution in [-0.4, -0.2) is 35.6 Å². The Morgan fingerprint density at radius 1 is 1.03 bits per heavy atom. The molecule has 0 fully saturated rings. The van der Waals surface area contributed by atoms with Crippen molar-refractivity contribution in [1.29, 1.82) is 0 Å². The molecule has 3 aromatic heterocycles. The van der Waals surface area contributed by atoms with Gasteiger partial charge in [-0.05, 0) is 68.1 Å². The van der Waals surface area contributed by atoms with Gasteiger partial charge in [-0.15, -0.1) is 0 Å². The Labute approximate surface area is 171 Å². The first kappa shape index (κ1) is 18.8. The minimum absolute atomic E-state index is 0.235. The molecule has 0 aliphatic carbocycles. The van der Waals surface area contributed by atoms with Crippen LogP contribution in [0.4, 0.5) is 5.69 Å². The molecule has 0 aliphatic rings. The average molecular weight is 403 g/mol. The van der Waals surface area contributed by atoms with Crippen molar-refractivity contribution in [2.24, 2.45) is 0 Å². The molecule has 0 spiro atoms. The van der Waals surface area contributed by atoms with Crippen molar-refractivity contribution in [3.63, 3.8) is 0 Å². The van der Waals surface area contributed by atoms with Crippen molar-refractivity contribution in [2.75, 3.05) is 5.32 Å². The molecule has 0 radical (unpaired) electrons. The number of nitrogens with zero attached hydrogens (tertiary/aromatic N) is 6. The molecular formula is C20H17N7OS. The third-order valence-electron chi connectivity index (χ3n) is 3.95. The molecule has 144 valence electrons. The molecule has 9 heteroatoms. The van der Waals surface area contributed by atoms with E-state index in [1.807, 2.05) is 44.2 Å². The van der Waals surface area contributed by atoms with Crippen LogP contribution < -0.4 is 5.32 Å². The summed E-state index contributed by atoms with van der Waals surface area (Å²) in [5.74, 6) is 0.356. The van der Waals surface area contributed by atoms with Gasteiger partial charge in [0.05, 0.1) is 5.56 Å². The van der Waals surface area contributed by atoms with Crippen molar-refractivity contribution >= 4 is 23.4 Å². The van der Waals surface area contributed by atoms with Crippen LogP contribution >= 0.6 is 11.8 Å². The smallest absolute Gasteiger partial charge is 0.257 e. The Balaban J connectivity index is 1.41. The molecule has 0 aliphatic heterocycles. The SMILES string of the molecule is Cc1cc(C)nc(Sc2ccc(NC(=O)c3ccc(-n4cncn4)nc3)cc2)n1. The van der Waals surface area contributed by atoms with Crippen LogP contribution in [0.3, 0.4) is 0 Å². The van der Waals surface area contributed by atoms with E-state index in [-0.39, 0.29) is 5.91 Å². The number of benzene rings is 1. The van der Waals surface area contributed by atoms with E-state index in [2.05, 4.69) is 30.4 Å². The molecule has 1 N–H and O–H groups in total. The van der Waals surface area contributed by atoms with E-state index in [4.69, 9.17) is 0 Å². The van der Waals surface area contributed by atoms with Crippen molar-refractivity contribution < 1.29 is 4.79 Å². The van der Waals surface area contributed by atoms with Gasteiger partial charge in [-0.2, -0.15) is 5.10 Å². The van der Waals surface area contributed by atoms with E-state index in [0.717, 1.165) is 16.3 Å². The molecule has 0 saturated heterocycles. The number of hydrogen-bond donors (Lipinski definition) is 1. The Morgan fingerprint density at radius 3 is 2.41 bits per heavy atom. The Hall–Kier alpha value is -3.59. The molecule has 0 bridgehead atoms. The van der Waals surface area contributed by atoms with Gasteiger partial charge in [0.15, 0.2) is 11.0 Å². The van der Waals surface area contributed by atoms with Gasteiger partial charge < -0.3 is 5.32 Å². The van der Waals surface area contributed by atoms with Crippen molar-refractivity contribution in [2.45, 2.75) is 23.9 Å². The van der Waals surface area contributed by atoms with E-state index in [9.17, 15) is 4.79 Å². The maximum Gasteiger partial charge on any atom is 0.257 e. The van der Waals surface area contributed by atoms with Crippen molar-refractivity contribution in [3.8, 4) is 5.82 Å². The number of nitrogens with one attached hydrogen (secondary N) is 1. The first-order valence-electron chi connectivity index (χ1n) is 8.79. The fraction of sp³-hybridized carbons (Fsp3) is 0.100. The highest BCUT2D eigenvalue weighted by Gasteiger charge is 2.09. The van der Waals surface area contributed by atoms with E-state index in [1.54, 1.807) is 18.5 Å². The molecule has 1 aromatic carbocycles. The fourth-order valence-electron chi connectivity index (χ4n) is 2.64. The van der Waals surface area contributed by atoms with Crippen LogP contribution in [0.2, 0.25) is 0 Å². The maximum atomic E-state index is 12.5. The zero-order chi connectivity index (χ0) is 20.2. The highest BCUT2D eigenvalue weighted by molar-refractivity contribution is 7.99. The predicted molar refractivity (Wildman–Crippen MR) is 109 cm³/mol. The molecule has 8 nitrogen and oxygen atoms in total. The van der Waals surface area contributed by atoms with Crippen LogP contribution in [0.25, 0.3) is 5.82 Å². The predicted octanol–water partition coefficient (Wildman–Crippen LogP) is 3.47. The summed E-state index contributed by atoms with van der Waals surface area (Å²) in [4.78, 5) is 30.4. The number of aromatic nitrogens is 6. The number of anilines is 1. The molecule has 4 rings (SSSR count). The Kier molecular flexibility index (Phi) is 5.30. The number of carbonyl (C=O) groups excluding carboxylic acids is 1. The fourth-order valence-corrected chi connectivity index (χ4v) is 3.50. The second kappa shape index (κ2) is 8.19. The number of hydrogen-bond acceptors (Lipinski definition) is 7. The third-order valence-corrected chi connectivity index (χ3v) is 4.82. The molecule has 0 saturated carbocycles. The lowest BCUT2D eigenvalue weighted by atomic mass is 10.2. The highest BCUT2D eigenvalue weighted by atomic mass is 32.2. The topological polar surface area (TPSA) is 98.5 Å². The summed E-state index contributed by atoms with van der Waals surface area (Å²) in [5, 5.41) is 7.58. The standard InChI is InChI=1S/C20H17N7OS/c1-13-9-14(2)25-20(24-13)29-17-6-4-16(5-7-17)26-19(28)15-3-8-18(22-10-15)27-12-21-11-23-27/h3-12H,1-2H3,(H,26,28). The van der Waals surface area contributed by atoms with Crippen LogP contribution in [0.1, 0.15) is 21.7 Å². The van der Waals surface area contributed by atoms with Crippen LogP contribution in [-0.2, 0) is 0 Å². The van der Waals surface area contributed by atoms with Gasteiger partial charge in [0.25, 0.3) is 5.91 Å². The lowest BCUT2D eigenvalue weighted by molar-refractivity contribution is 0.102. The monoisotopic (exact) mass is 403 g/mol. The summed E-state index contributed by atoms with van der Waals surface area (Å²) in [6.45, 7) is 3.90. The first-order chi connectivity index (χ1) is 14.1. The number of amides is 1. The van der Waals surface area contributed by atoms with Crippen molar-refractivity contribution in [3.05, 3.63) is 78.3 Å². The average Bonchev–Trinajstić information content (AvgIpc) is 3.24. The van der Waals surface area contributed by atoms with E-state index >= 15 is 0 Å². The number of aryl methyl sites for hydroxylation is 2. The van der Waals surface area contributed by atoms with Crippen molar-refractivity contribution in [1.82, 2.24) is 29.7 Å². The van der Waals surface area contributed by atoms with Gasteiger partial charge >= 0.3 is 0 Å². The van der Waals surface area contributed by atoms with E-state index in [1.165, 1.54) is 29.0 Å². The Morgan fingerprint density at radius 2 is 1.79 bits per heavy atom. The molecule has 3 heterocycles. The summed E-state index contributed by atoms with van der Waals surface area (Å²) in [5.41, 5.74) is 3.02. The second-order valence-corrected chi connectivity index (χ2v) is 7.30. The second-order valence-electron chi connectivity index (χ2n) is 6.26. The van der Waals surface area contributed by atoms with Crippen LogP contribution in [0.15, 0.2) is 71.4 Å². The number of carbonyl (C=O) groups is 1. The normalized spacial score (nSPS) is 10.7. The summed E-state index contributed by atoms with van der Waals surface area (Å²) in [7, 11) is 0. The zero-order valence-electron chi connectivity index (χ0n) is 15.8. The molecular weight excluding hydrogens is 386 g/mol. The van der Waals surface area contributed by atoms with E-state index in [0.29, 0.717) is 22.2 Å². The highest BCUT2D eigenvalue weighted by Crippen LogP contribution is 2.26. The van der Waals surface area contributed by atoms with Gasteiger partial charge in [0.1, 0.15) is 12.7 Å². The molecule has 0 unspecified atom stereocenters. The molecule has 29 heavy (non-hydrogen) atoms. The lowest BCUT2D eigenvalue weighted by Crippen LogP contribution is -2.12. The van der Waals surface area contributed by atoms with Gasteiger partial charge in [0, 0.05) is 28.2 Å². The van der Waals surface area contributed by atoms with Gasteiger partial charge in [-0.3, -0.25) is 4.79 Å². The molecule has 1 amide bonds. The molecule has 4 aromatic rings. The third kappa shape index (κ3) is 4.64. The van der Waals surface area contributed by atoms with Crippen LogP contribution in [0, 0.1) is 13.8 Å². The summed E-state index contributed by atoms with van der Waals surface area (Å²) in [6, 6.07) is 12.9. The van der Waals surface area contributed by atoms with Gasteiger partial charge in [-0.1, -0.05) is 0 Å². The number of pyridine rings is 1. The summed E-state index contributed by atoms with van der Waals surface area (Å²) in [6.07, 6.45) is 4.48. The minimum Gasteiger partial charge on any atom is -0.322 e. The van der Waals surface area contributed by atoms with E-state index < -0.39 is 0 Å². The van der Waals surface area contributed by atoms with Crippen LogP contribution in [0.5, 0.6) is 0 Å². The zero-order valence-corrected chi connectivity index (χ0v) is 16.6. The summed E-state index contributed by atoms with van der Waals surface area (Å²) >= 11 is 1.48. The van der Waals surface area contributed by atoms with Gasteiger partial charge in [-0.25, -0.2) is 24.6 Å². The largest absolute Gasteiger partial charge is 0.322 e. The molecule has 0 atom stereocenters.